The van der Waals surface area contributed by atoms with Crippen molar-refractivity contribution < 1.29 is 13.9 Å². The molecular weight excluding hydrogens is 652 g/mol. The number of pyridine rings is 2. The van der Waals surface area contributed by atoms with Gasteiger partial charge in [-0.05, 0) is 111 Å². The molecule has 1 aliphatic heterocycles. The largest absolute Gasteiger partial charge is 0.508 e. The first-order chi connectivity index (χ1) is 24.8. The summed E-state index contributed by atoms with van der Waals surface area (Å²) in [5, 5.41) is 14.0. The monoisotopic (exact) mass is 691 g/mol. The summed E-state index contributed by atoms with van der Waals surface area (Å²) in [6.45, 7) is 3.20. The number of hydrogen-bond donors (Lipinski definition) is 2. The van der Waals surface area contributed by atoms with Gasteiger partial charge in [-0.2, -0.15) is 0 Å². The van der Waals surface area contributed by atoms with Gasteiger partial charge in [0, 0.05) is 37.6 Å². The molecule has 0 spiro atoms. The molecule has 6 aromatic rings. The number of piperidine rings is 1. The predicted molar refractivity (Wildman–Crippen MR) is 191 cm³/mol. The van der Waals surface area contributed by atoms with Gasteiger partial charge in [0.1, 0.15) is 23.0 Å². The lowest BCUT2D eigenvalue weighted by Crippen LogP contribution is -2.44. The van der Waals surface area contributed by atoms with Crippen LogP contribution in [-0.4, -0.2) is 52.6 Å². The molecule has 262 valence electrons. The summed E-state index contributed by atoms with van der Waals surface area (Å²) in [5.41, 5.74) is 3.77. The molecule has 0 amide bonds. The van der Waals surface area contributed by atoms with Crippen molar-refractivity contribution in [3.63, 3.8) is 0 Å². The van der Waals surface area contributed by atoms with E-state index >= 15 is 0 Å². The minimum absolute atomic E-state index is 0.0407. The molecule has 51 heavy (non-hydrogen) atoms. The van der Waals surface area contributed by atoms with Crippen LogP contribution >= 0.6 is 0 Å². The Bertz CT molecular complexity index is 2350. The second-order valence-corrected chi connectivity index (χ2v) is 13.8. The van der Waals surface area contributed by atoms with E-state index in [0.717, 1.165) is 60.6 Å². The van der Waals surface area contributed by atoms with E-state index in [0.29, 0.717) is 50.1 Å². The number of aromatic nitrogens is 5. The van der Waals surface area contributed by atoms with Gasteiger partial charge in [-0.3, -0.25) is 14.3 Å². The number of hydrogen-bond acceptors (Lipinski definition) is 7. The number of halogens is 2. The Hall–Kier alpha value is -5.20. The first-order valence-corrected chi connectivity index (χ1v) is 17.6. The van der Waals surface area contributed by atoms with Gasteiger partial charge in [-0.1, -0.05) is 24.6 Å². The van der Waals surface area contributed by atoms with Gasteiger partial charge in [0.25, 0.3) is 5.56 Å². The van der Waals surface area contributed by atoms with Crippen molar-refractivity contribution in [3.8, 4) is 22.6 Å². The maximum Gasteiger partial charge on any atom is 0.337 e. The van der Waals surface area contributed by atoms with Crippen molar-refractivity contribution in [2.24, 2.45) is 0 Å². The number of rotatable bonds is 8. The Labute approximate surface area is 292 Å². The van der Waals surface area contributed by atoms with Gasteiger partial charge in [0.05, 0.1) is 23.0 Å². The average molecular weight is 692 g/mol. The molecule has 2 aliphatic rings. The highest BCUT2D eigenvalue weighted by atomic mass is 19.1. The fourth-order valence-electron chi connectivity index (χ4n) is 7.79. The lowest BCUT2D eigenvalue weighted by atomic mass is 9.91. The molecule has 12 heteroatoms. The molecule has 0 bridgehead atoms. The van der Waals surface area contributed by atoms with Crippen LogP contribution in [0.3, 0.4) is 0 Å². The van der Waals surface area contributed by atoms with Crippen molar-refractivity contribution in [3.05, 3.63) is 123 Å². The molecule has 1 saturated heterocycles. The third-order valence-corrected chi connectivity index (χ3v) is 10.3. The summed E-state index contributed by atoms with van der Waals surface area (Å²) in [7, 11) is 0. The highest BCUT2D eigenvalue weighted by molar-refractivity contribution is 5.77. The molecule has 0 unspecified atom stereocenters. The van der Waals surface area contributed by atoms with Crippen LogP contribution in [0.4, 0.5) is 8.78 Å². The molecule has 0 radical (unpaired) electrons. The molecule has 2 fully saturated rings. The smallest absolute Gasteiger partial charge is 0.337 e. The summed E-state index contributed by atoms with van der Waals surface area (Å²) >= 11 is 0. The Kier molecular flexibility index (Phi) is 8.95. The summed E-state index contributed by atoms with van der Waals surface area (Å²) in [5.74, 6) is -0.792. The molecular formula is C39H39F2N7O3. The lowest BCUT2D eigenvalue weighted by Gasteiger charge is -2.30. The third kappa shape index (κ3) is 6.68. The van der Waals surface area contributed by atoms with Crippen molar-refractivity contribution in [2.45, 2.75) is 70.1 Å². The first kappa shape index (κ1) is 33.0. The van der Waals surface area contributed by atoms with Crippen LogP contribution in [-0.2, 0) is 13.1 Å². The Balaban J connectivity index is 1.09. The maximum atomic E-state index is 14.6. The zero-order valence-electron chi connectivity index (χ0n) is 28.1. The second kappa shape index (κ2) is 13.8. The van der Waals surface area contributed by atoms with E-state index in [-0.39, 0.29) is 34.7 Å². The summed E-state index contributed by atoms with van der Waals surface area (Å²) in [6, 6.07) is 16.8. The van der Waals surface area contributed by atoms with E-state index in [9.17, 15) is 23.5 Å². The molecule has 8 rings (SSSR count). The normalized spacial score (nSPS) is 18.5. The number of phenols is 1. The van der Waals surface area contributed by atoms with Crippen LogP contribution in [0, 0.1) is 11.6 Å². The third-order valence-electron chi connectivity index (χ3n) is 10.3. The SMILES string of the molecule is O=c1c2cc(F)cnc2n(-c2cccc(-c3ccc(O)cc3CN3CCCCC3)c2)c(=O)n1C1CCC(NCc2cn3cc(F)ccc3n2)CC1. The molecule has 1 aliphatic carbocycles. The quantitative estimate of drug-likeness (QED) is 0.199. The van der Waals surface area contributed by atoms with E-state index in [1.807, 2.05) is 24.3 Å². The van der Waals surface area contributed by atoms with E-state index in [2.05, 4.69) is 20.2 Å². The minimum Gasteiger partial charge on any atom is -0.508 e. The van der Waals surface area contributed by atoms with E-state index in [1.165, 1.54) is 27.8 Å². The topological polar surface area (TPSA) is 110 Å². The predicted octanol–water partition coefficient (Wildman–Crippen LogP) is 6.11. The molecule has 4 aromatic heterocycles. The Morgan fingerprint density at radius 1 is 0.882 bits per heavy atom. The minimum atomic E-state index is -0.654. The van der Waals surface area contributed by atoms with Crippen molar-refractivity contribution in [2.75, 3.05) is 13.1 Å². The molecule has 10 nitrogen and oxygen atoms in total. The van der Waals surface area contributed by atoms with Crippen molar-refractivity contribution in [1.29, 1.82) is 0 Å². The summed E-state index contributed by atoms with van der Waals surface area (Å²) in [4.78, 5) is 39.5. The van der Waals surface area contributed by atoms with Gasteiger partial charge in [-0.25, -0.2) is 28.1 Å². The molecule has 2 N–H and O–H groups in total. The molecule has 5 heterocycles. The number of nitrogens with one attached hydrogen (secondary N) is 1. The van der Waals surface area contributed by atoms with E-state index < -0.39 is 17.1 Å². The fourth-order valence-corrected chi connectivity index (χ4v) is 7.79. The molecule has 0 atom stereocenters. The highest BCUT2D eigenvalue weighted by Crippen LogP contribution is 2.31. The number of fused-ring (bicyclic) bond motifs is 2. The number of nitrogens with zero attached hydrogens (tertiary/aromatic N) is 6. The highest BCUT2D eigenvalue weighted by Gasteiger charge is 2.27. The van der Waals surface area contributed by atoms with Crippen LogP contribution in [0.25, 0.3) is 33.5 Å². The van der Waals surface area contributed by atoms with Crippen LogP contribution in [0.1, 0.15) is 62.2 Å². The molecule has 1 saturated carbocycles. The first-order valence-electron chi connectivity index (χ1n) is 17.6. The van der Waals surface area contributed by atoms with Gasteiger partial charge in [-0.15, -0.1) is 0 Å². The van der Waals surface area contributed by atoms with Crippen LogP contribution in [0.15, 0.2) is 88.8 Å². The lowest BCUT2D eigenvalue weighted by molar-refractivity contribution is 0.221. The Morgan fingerprint density at radius 3 is 2.53 bits per heavy atom. The number of imidazole rings is 1. The fraction of sp³-hybridized carbons (Fsp3) is 0.333. The van der Waals surface area contributed by atoms with Crippen molar-refractivity contribution >= 4 is 16.7 Å². The zero-order valence-corrected chi connectivity index (χ0v) is 28.1. The van der Waals surface area contributed by atoms with Crippen LogP contribution in [0.2, 0.25) is 0 Å². The number of likely N-dealkylation sites (tertiary alicyclic amines) is 1. The second-order valence-electron chi connectivity index (χ2n) is 13.8. The van der Waals surface area contributed by atoms with Gasteiger partial charge in [0.2, 0.25) is 0 Å². The van der Waals surface area contributed by atoms with Crippen molar-refractivity contribution in [1.82, 2.24) is 33.7 Å². The number of phenolic OH excluding ortho intramolecular Hbond substituents is 1. The van der Waals surface area contributed by atoms with E-state index in [1.54, 1.807) is 34.9 Å². The average Bonchev–Trinajstić information content (AvgIpc) is 3.54. The van der Waals surface area contributed by atoms with Crippen LogP contribution in [0.5, 0.6) is 5.75 Å². The van der Waals surface area contributed by atoms with Crippen LogP contribution < -0.4 is 16.6 Å². The summed E-state index contributed by atoms with van der Waals surface area (Å²) in [6.07, 6.45) is 10.3. The number of aromatic hydroxyl groups is 1. The molecule has 2 aromatic carbocycles. The standard InChI is InChI=1S/C39H39F2N7O3/c40-27-7-14-36-44-30(24-46(36)23-27)21-42-29-8-10-31(11-9-29)48-38(50)35-19-28(41)20-43-37(35)47(39(48)51)32-6-4-5-25(17-32)34-13-12-33(49)18-26(34)22-45-15-2-1-3-16-45/h4-7,12-14,17-20,23-24,29,31,42,49H,1-3,8-11,15-16,21-22H2. The van der Waals surface area contributed by atoms with Gasteiger partial charge in [0.15, 0.2) is 5.65 Å². The van der Waals surface area contributed by atoms with Gasteiger partial charge < -0.3 is 14.8 Å². The maximum absolute atomic E-state index is 14.6. The summed E-state index contributed by atoms with van der Waals surface area (Å²) < 4.78 is 32.6. The Morgan fingerprint density at radius 2 is 1.71 bits per heavy atom. The number of benzene rings is 2. The van der Waals surface area contributed by atoms with E-state index in [4.69, 9.17) is 0 Å². The van der Waals surface area contributed by atoms with Gasteiger partial charge >= 0.3 is 5.69 Å². The zero-order chi connectivity index (χ0) is 35.1.